The van der Waals surface area contributed by atoms with Crippen LogP contribution in [0.15, 0.2) is 65.8 Å². The zero-order chi connectivity index (χ0) is 15.8. The lowest BCUT2D eigenvalue weighted by molar-refractivity contribution is 0.391. The fourth-order valence-electron chi connectivity index (χ4n) is 1.98. The quantitative estimate of drug-likeness (QED) is 0.724. The molecule has 1 atom stereocenters. The minimum Gasteiger partial charge on any atom is -0.245 e. The van der Waals surface area contributed by atoms with Gasteiger partial charge in [-0.15, -0.1) is 0 Å². The third-order valence-electron chi connectivity index (χ3n) is 3.18. The molecule has 0 spiro atoms. The van der Waals surface area contributed by atoms with E-state index < -0.39 is 15.3 Å². The summed E-state index contributed by atoms with van der Waals surface area (Å²) in [5, 5.41) is -0.206. The Labute approximate surface area is 130 Å². The second-order valence-electron chi connectivity index (χ2n) is 4.87. The van der Waals surface area contributed by atoms with E-state index in [-0.39, 0.29) is 11.4 Å². The monoisotopic (exact) mass is 319 g/mol. The number of hydrogen-bond donors (Lipinski definition) is 0. The van der Waals surface area contributed by atoms with E-state index in [9.17, 15) is 12.8 Å². The van der Waals surface area contributed by atoms with Gasteiger partial charge in [0.25, 0.3) is 0 Å². The van der Waals surface area contributed by atoms with Gasteiger partial charge in [-0.2, -0.15) is 0 Å². The summed E-state index contributed by atoms with van der Waals surface area (Å²) in [6, 6.07) is 14.2. The molecule has 0 fully saturated rings. The molecule has 0 aliphatic heterocycles. The van der Waals surface area contributed by atoms with Crippen molar-refractivity contribution in [3.8, 4) is 0 Å². The van der Waals surface area contributed by atoms with Crippen LogP contribution in [0.1, 0.15) is 24.8 Å². The van der Waals surface area contributed by atoms with Crippen LogP contribution in [-0.2, 0) is 9.84 Å². The fourth-order valence-corrected chi connectivity index (χ4v) is 3.20. The van der Waals surface area contributed by atoms with Crippen LogP contribution >= 0.6 is 0 Å². The highest BCUT2D eigenvalue weighted by molar-refractivity contribution is 7.91. The largest absolute Gasteiger partial charge is 0.245 e. The van der Waals surface area contributed by atoms with Gasteiger partial charge in [-0.3, -0.25) is 0 Å². The predicted molar refractivity (Wildman–Crippen MR) is 85.6 cm³/mol. The Morgan fingerprint density at radius 3 is 2.50 bits per heavy atom. The van der Waals surface area contributed by atoms with Crippen molar-refractivity contribution in [2.75, 3.05) is 0 Å². The van der Waals surface area contributed by atoms with Crippen LogP contribution in [-0.4, -0.2) is 18.9 Å². The Balaban J connectivity index is 1.83. The summed E-state index contributed by atoms with van der Waals surface area (Å²) in [6.45, 7) is 0. The number of unbranched alkanes of at least 4 members (excludes halogenated alkanes) is 1. The Morgan fingerprint density at radius 1 is 1.09 bits per heavy atom. The smallest absolute Gasteiger partial charge is 0.227 e. The maximum atomic E-state index is 14.0. The first-order valence-electron chi connectivity index (χ1n) is 7.11. The number of hydrogen-bond acceptors (Lipinski definition) is 3. The summed E-state index contributed by atoms with van der Waals surface area (Å²) >= 11 is 0. The zero-order valence-electron chi connectivity index (χ0n) is 12.1. The number of rotatable bonds is 7. The van der Waals surface area contributed by atoms with Crippen molar-refractivity contribution < 1.29 is 12.8 Å². The molecule has 2 aromatic rings. The molecule has 5 heteroatoms. The highest BCUT2D eigenvalue weighted by Gasteiger charge is 2.27. The topological polar surface area (TPSA) is 47.0 Å². The molecule has 2 rings (SSSR count). The van der Waals surface area contributed by atoms with Gasteiger partial charge in [0.2, 0.25) is 15.3 Å². The van der Waals surface area contributed by atoms with Crippen LogP contribution < -0.4 is 0 Å². The molecule has 0 radical (unpaired) electrons. The minimum atomic E-state index is -3.98. The van der Waals surface area contributed by atoms with Crippen molar-refractivity contribution in [2.45, 2.75) is 29.8 Å². The van der Waals surface area contributed by atoms with E-state index in [1.807, 2.05) is 42.5 Å². The van der Waals surface area contributed by atoms with Gasteiger partial charge in [-0.05, 0) is 37.0 Å². The van der Waals surface area contributed by atoms with E-state index >= 15 is 0 Å². The number of alkyl halides is 1. The van der Waals surface area contributed by atoms with Gasteiger partial charge in [-0.1, -0.05) is 48.6 Å². The molecule has 1 unspecified atom stereocenters. The van der Waals surface area contributed by atoms with Crippen LogP contribution in [0.2, 0.25) is 0 Å². The van der Waals surface area contributed by atoms with E-state index in [1.54, 1.807) is 6.07 Å². The highest BCUT2D eigenvalue weighted by Crippen LogP contribution is 2.19. The highest BCUT2D eigenvalue weighted by atomic mass is 32.2. The number of nitrogens with zero attached hydrogens (tertiary/aromatic N) is 1. The molecular weight excluding hydrogens is 301 g/mol. The van der Waals surface area contributed by atoms with Crippen LogP contribution in [0.5, 0.6) is 0 Å². The fraction of sp³-hybridized carbons (Fsp3) is 0.235. The Bertz CT molecular complexity index is 700. The Kier molecular flexibility index (Phi) is 5.83. The lowest BCUT2D eigenvalue weighted by Crippen LogP contribution is -2.17. The normalized spacial score (nSPS) is 13.3. The van der Waals surface area contributed by atoms with Gasteiger partial charge >= 0.3 is 0 Å². The zero-order valence-corrected chi connectivity index (χ0v) is 12.9. The number of allylic oxidation sites excluding steroid dienone is 1. The van der Waals surface area contributed by atoms with Gasteiger partial charge in [0.1, 0.15) is 0 Å². The predicted octanol–water partition coefficient (Wildman–Crippen LogP) is 4.03. The molecule has 0 saturated carbocycles. The summed E-state index contributed by atoms with van der Waals surface area (Å²) in [7, 11) is -3.98. The van der Waals surface area contributed by atoms with E-state index in [1.165, 1.54) is 18.3 Å². The van der Waals surface area contributed by atoms with E-state index in [4.69, 9.17) is 0 Å². The van der Waals surface area contributed by atoms with Crippen LogP contribution in [0.25, 0.3) is 6.08 Å². The van der Waals surface area contributed by atoms with Crippen molar-refractivity contribution in [1.82, 2.24) is 4.98 Å². The van der Waals surface area contributed by atoms with E-state index in [0.29, 0.717) is 12.8 Å². The summed E-state index contributed by atoms with van der Waals surface area (Å²) in [5.41, 5.74) is -0.840. The summed E-state index contributed by atoms with van der Waals surface area (Å²) in [4.78, 5) is 3.71. The van der Waals surface area contributed by atoms with Crippen molar-refractivity contribution in [1.29, 1.82) is 0 Å². The molecule has 0 N–H and O–H groups in total. The second-order valence-corrected chi connectivity index (χ2v) is 6.89. The summed E-state index contributed by atoms with van der Waals surface area (Å²) in [5.74, 6) is 0. The lowest BCUT2D eigenvalue weighted by atomic mass is 10.2. The lowest BCUT2D eigenvalue weighted by Gasteiger charge is -2.08. The number of pyridine rings is 1. The van der Waals surface area contributed by atoms with Gasteiger partial charge in [0.15, 0.2) is 5.03 Å². The van der Waals surface area contributed by atoms with Gasteiger partial charge < -0.3 is 0 Å². The van der Waals surface area contributed by atoms with Gasteiger partial charge in [-0.25, -0.2) is 17.8 Å². The summed E-state index contributed by atoms with van der Waals surface area (Å²) < 4.78 is 37.9. The second kappa shape index (κ2) is 7.84. The molecule has 0 saturated heterocycles. The molecular formula is C17H18FNO2S. The average molecular weight is 319 g/mol. The van der Waals surface area contributed by atoms with Crippen molar-refractivity contribution in [3.05, 3.63) is 66.4 Å². The van der Waals surface area contributed by atoms with Crippen molar-refractivity contribution in [3.63, 3.8) is 0 Å². The van der Waals surface area contributed by atoms with Gasteiger partial charge in [0, 0.05) is 6.20 Å². The molecule has 116 valence electrons. The number of aromatic nitrogens is 1. The van der Waals surface area contributed by atoms with Gasteiger partial charge in [0.05, 0.1) is 0 Å². The van der Waals surface area contributed by atoms with Crippen molar-refractivity contribution in [2.24, 2.45) is 0 Å². The molecule has 1 aromatic heterocycles. The van der Waals surface area contributed by atoms with E-state index in [0.717, 1.165) is 5.56 Å². The molecule has 0 aliphatic rings. The van der Waals surface area contributed by atoms with Crippen LogP contribution in [0, 0.1) is 0 Å². The standard InChI is InChI=1S/C17H18FNO2S/c18-16(22(20,21)17-13-7-8-14-19-17)12-6-2-5-11-15-9-3-1-4-10-15/h1,3-5,7-11,13-14,16H,2,6,12H2/b11-5+. The molecule has 3 nitrogen and oxygen atoms in total. The number of sulfone groups is 1. The molecule has 22 heavy (non-hydrogen) atoms. The first-order valence-corrected chi connectivity index (χ1v) is 8.66. The molecule has 0 amide bonds. The molecule has 1 aromatic carbocycles. The van der Waals surface area contributed by atoms with Crippen LogP contribution in [0.4, 0.5) is 4.39 Å². The minimum absolute atomic E-state index is 0.0297. The molecule has 0 bridgehead atoms. The Morgan fingerprint density at radius 2 is 1.82 bits per heavy atom. The van der Waals surface area contributed by atoms with Crippen LogP contribution in [0.3, 0.4) is 0 Å². The van der Waals surface area contributed by atoms with E-state index in [2.05, 4.69) is 4.98 Å². The molecule has 1 heterocycles. The average Bonchev–Trinajstić information content (AvgIpc) is 2.56. The van der Waals surface area contributed by atoms with Crippen molar-refractivity contribution >= 4 is 15.9 Å². The maximum absolute atomic E-state index is 14.0. The SMILES string of the molecule is O=S(=O)(c1ccccn1)C(F)CCC/C=C/c1ccccc1. The first-order chi connectivity index (χ1) is 10.6. The third-order valence-corrected chi connectivity index (χ3v) is 4.91. The third kappa shape index (κ3) is 4.49. The number of benzene rings is 1. The first kappa shape index (κ1) is 16.4. The number of halogens is 1. The molecule has 0 aliphatic carbocycles. The summed E-state index contributed by atoms with van der Waals surface area (Å²) in [6.07, 6.45) is 6.29. The Hall–Kier alpha value is -2.01. The maximum Gasteiger partial charge on any atom is 0.227 e.